The number of carbonyl (C=O) groups is 2. The van der Waals surface area contributed by atoms with E-state index in [1.807, 2.05) is 30.3 Å². The number of methoxy groups -OCH3 is 1. The first kappa shape index (κ1) is 17.4. The molecule has 1 aliphatic heterocycles. The van der Waals surface area contributed by atoms with Gasteiger partial charge in [0.2, 0.25) is 5.91 Å². The molecule has 1 aromatic carbocycles. The van der Waals surface area contributed by atoms with Crippen LogP contribution in [0, 0.1) is 0 Å². The van der Waals surface area contributed by atoms with Crippen LogP contribution in [0.3, 0.4) is 0 Å². The summed E-state index contributed by atoms with van der Waals surface area (Å²) in [4.78, 5) is 31.9. The second kappa shape index (κ2) is 8.13. The van der Waals surface area contributed by atoms with Crippen LogP contribution in [-0.4, -0.2) is 43.6 Å². The molecule has 1 aliphatic rings. The Morgan fingerprint density at radius 2 is 2.12 bits per heavy atom. The molecule has 0 bridgehead atoms. The summed E-state index contributed by atoms with van der Waals surface area (Å²) in [7, 11) is 1.58. The monoisotopic (exact) mass is 357 g/mol. The highest BCUT2D eigenvalue weighted by Crippen LogP contribution is 2.39. The first-order chi connectivity index (χ1) is 12.2. The second-order valence-corrected chi connectivity index (χ2v) is 6.51. The van der Waals surface area contributed by atoms with Crippen molar-refractivity contribution in [3.8, 4) is 0 Å². The predicted molar refractivity (Wildman–Crippen MR) is 96.0 cm³/mol. The quantitative estimate of drug-likeness (QED) is 0.804. The molecule has 2 heterocycles. The molecule has 0 spiro atoms. The Kier molecular flexibility index (Phi) is 5.67. The van der Waals surface area contributed by atoms with Crippen molar-refractivity contribution < 1.29 is 14.3 Å². The molecule has 7 heteroatoms. The minimum absolute atomic E-state index is 0.111. The zero-order chi connectivity index (χ0) is 17.6. The molecule has 0 atom stereocenters. The zero-order valence-electron chi connectivity index (χ0n) is 13.9. The van der Waals surface area contributed by atoms with Crippen LogP contribution in [0.15, 0.2) is 52.5 Å². The van der Waals surface area contributed by atoms with Gasteiger partial charge in [0.1, 0.15) is 5.03 Å². The summed E-state index contributed by atoms with van der Waals surface area (Å²) >= 11 is 1.47. The molecule has 1 N–H and O–H groups in total. The van der Waals surface area contributed by atoms with Crippen molar-refractivity contribution in [2.75, 3.05) is 31.7 Å². The lowest BCUT2D eigenvalue weighted by Gasteiger charge is -2.22. The molecule has 0 saturated heterocycles. The van der Waals surface area contributed by atoms with Gasteiger partial charge in [-0.15, -0.1) is 0 Å². The molecule has 6 nitrogen and oxygen atoms in total. The predicted octanol–water partition coefficient (Wildman–Crippen LogP) is 2.35. The van der Waals surface area contributed by atoms with Gasteiger partial charge in [-0.25, -0.2) is 4.98 Å². The Bertz CT molecular complexity index is 782. The van der Waals surface area contributed by atoms with E-state index in [0.29, 0.717) is 25.3 Å². The molecule has 130 valence electrons. The maximum absolute atomic E-state index is 13.0. The Labute approximate surface area is 150 Å². The van der Waals surface area contributed by atoms with Gasteiger partial charge in [-0.1, -0.05) is 23.9 Å². The van der Waals surface area contributed by atoms with Gasteiger partial charge in [0.05, 0.1) is 17.9 Å². The normalized spacial score (nSPS) is 13.0. The Morgan fingerprint density at radius 3 is 2.96 bits per heavy atom. The van der Waals surface area contributed by atoms with Crippen LogP contribution >= 0.6 is 11.8 Å². The number of anilines is 1. The van der Waals surface area contributed by atoms with Crippen LogP contribution in [0.25, 0.3) is 0 Å². The number of ether oxygens (including phenoxy) is 1. The zero-order valence-corrected chi connectivity index (χ0v) is 14.7. The summed E-state index contributed by atoms with van der Waals surface area (Å²) in [5, 5.41) is 3.54. The number of nitrogens with one attached hydrogen (secondary N) is 1. The van der Waals surface area contributed by atoms with Gasteiger partial charge in [-0.2, -0.15) is 0 Å². The van der Waals surface area contributed by atoms with Crippen LogP contribution in [0.4, 0.5) is 5.69 Å². The third-order valence-corrected chi connectivity index (χ3v) is 4.89. The number of carbonyl (C=O) groups excluding carboxylic acids is 2. The third kappa shape index (κ3) is 4.00. The number of benzene rings is 1. The summed E-state index contributed by atoms with van der Waals surface area (Å²) in [5.74, 6) is -0.222. The molecule has 0 aliphatic carbocycles. The number of rotatable bonds is 6. The van der Waals surface area contributed by atoms with Gasteiger partial charge in [0.25, 0.3) is 5.91 Å². The fraction of sp³-hybridized carbons (Fsp3) is 0.278. The number of pyridine rings is 1. The summed E-state index contributed by atoms with van der Waals surface area (Å²) < 4.78 is 4.92. The van der Waals surface area contributed by atoms with Crippen LogP contribution in [0.1, 0.15) is 16.8 Å². The largest absolute Gasteiger partial charge is 0.383 e. The minimum Gasteiger partial charge on any atom is -0.383 e. The number of hydrogen-bond donors (Lipinski definition) is 1. The van der Waals surface area contributed by atoms with Crippen LogP contribution in [0.5, 0.6) is 0 Å². The van der Waals surface area contributed by atoms with Crippen molar-refractivity contribution >= 4 is 29.3 Å². The first-order valence-corrected chi connectivity index (χ1v) is 8.81. The SMILES string of the molecule is COCCNC(=O)CCN1C(=O)c2ccccc2Sc2ncccc21. The number of hydrogen-bond acceptors (Lipinski definition) is 5. The summed E-state index contributed by atoms with van der Waals surface area (Å²) in [6, 6.07) is 11.1. The van der Waals surface area contributed by atoms with Gasteiger partial charge in [0.15, 0.2) is 0 Å². The summed E-state index contributed by atoms with van der Waals surface area (Å²) in [5.41, 5.74) is 1.36. The topological polar surface area (TPSA) is 71.5 Å². The van der Waals surface area contributed by atoms with Gasteiger partial charge >= 0.3 is 0 Å². The van der Waals surface area contributed by atoms with E-state index < -0.39 is 0 Å². The van der Waals surface area contributed by atoms with E-state index in [1.165, 1.54) is 11.8 Å². The van der Waals surface area contributed by atoms with Crippen molar-refractivity contribution in [1.29, 1.82) is 0 Å². The van der Waals surface area contributed by atoms with E-state index >= 15 is 0 Å². The highest BCUT2D eigenvalue weighted by molar-refractivity contribution is 7.99. The molecule has 2 aromatic rings. The lowest BCUT2D eigenvalue weighted by Crippen LogP contribution is -2.36. The molecule has 3 rings (SSSR count). The number of nitrogens with zero attached hydrogens (tertiary/aromatic N) is 2. The fourth-order valence-electron chi connectivity index (χ4n) is 2.57. The summed E-state index contributed by atoms with van der Waals surface area (Å²) in [6.07, 6.45) is 1.93. The van der Waals surface area contributed by atoms with E-state index in [2.05, 4.69) is 10.3 Å². The lowest BCUT2D eigenvalue weighted by atomic mass is 10.1. The Balaban J connectivity index is 1.82. The van der Waals surface area contributed by atoms with Crippen molar-refractivity contribution in [1.82, 2.24) is 10.3 Å². The number of amides is 2. The van der Waals surface area contributed by atoms with E-state index in [1.54, 1.807) is 24.3 Å². The molecule has 1 aromatic heterocycles. The second-order valence-electron chi connectivity index (χ2n) is 5.48. The van der Waals surface area contributed by atoms with E-state index in [4.69, 9.17) is 4.74 Å². The maximum atomic E-state index is 13.0. The molecule has 25 heavy (non-hydrogen) atoms. The molecule has 0 fully saturated rings. The van der Waals surface area contributed by atoms with Crippen molar-refractivity contribution in [3.63, 3.8) is 0 Å². The van der Waals surface area contributed by atoms with Gasteiger partial charge in [0, 0.05) is 37.7 Å². The van der Waals surface area contributed by atoms with E-state index in [9.17, 15) is 9.59 Å². The molecule has 0 saturated carbocycles. The molecule has 0 unspecified atom stereocenters. The average Bonchev–Trinajstić information content (AvgIpc) is 2.75. The molecule has 2 amide bonds. The van der Waals surface area contributed by atoms with Gasteiger partial charge < -0.3 is 15.0 Å². The van der Waals surface area contributed by atoms with Gasteiger partial charge in [-0.05, 0) is 24.3 Å². The molecular formula is C18H19N3O3S. The fourth-order valence-corrected chi connectivity index (χ4v) is 3.59. The van der Waals surface area contributed by atoms with Crippen molar-refractivity contribution in [3.05, 3.63) is 48.2 Å². The minimum atomic E-state index is -0.112. The lowest BCUT2D eigenvalue weighted by molar-refractivity contribution is -0.121. The maximum Gasteiger partial charge on any atom is 0.259 e. The van der Waals surface area contributed by atoms with Crippen molar-refractivity contribution in [2.24, 2.45) is 0 Å². The average molecular weight is 357 g/mol. The van der Waals surface area contributed by atoms with Gasteiger partial charge in [-0.3, -0.25) is 9.59 Å². The van der Waals surface area contributed by atoms with E-state index in [-0.39, 0.29) is 18.2 Å². The van der Waals surface area contributed by atoms with Crippen LogP contribution < -0.4 is 10.2 Å². The van der Waals surface area contributed by atoms with E-state index in [0.717, 1.165) is 15.6 Å². The van der Waals surface area contributed by atoms with Crippen LogP contribution in [-0.2, 0) is 9.53 Å². The standard InChI is InChI=1S/C18H19N3O3S/c1-24-12-10-19-16(22)8-11-21-14-6-4-9-20-17(14)25-15-7-3-2-5-13(15)18(21)23/h2-7,9H,8,10-12H2,1H3,(H,19,22). The van der Waals surface area contributed by atoms with Crippen molar-refractivity contribution in [2.45, 2.75) is 16.3 Å². The van der Waals surface area contributed by atoms with Crippen LogP contribution in [0.2, 0.25) is 0 Å². The third-order valence-electron chi connectivity index (χ3n) is 3.80. The molecule has 0 radical (unpaired) electrons. The highest BCUT2D eigenvalue weighted by Gasteiger charge is 2.27. The Morgan fingerprint density at radius 1 is 1.28 bits per heavy atom. The number of fused-ring (bicyclic) bond motifs is 2. The number of aromatic nitrogens is 1. The smallest absolute Gasteiger partial charge is 0.259 e. The summed E-state index contributed by atoms with van der Waals surface area (Å²) in [6.45, 7) is 1.22. The first-order valence-electron chi connectivity index (χ1n) is 8.00. The molecular weight excluding hydrogens is 338 g/mol. The Hall–Kier alpha value is -2.38. The highest BCUT2D eigenvalue weighted by atomic mass is 32.2.